The lowest BCUT2D eigenvalue weighted by Gasteiger charge is -2.19. The molecule has 0 saturated carbocycles. The minimum atomic E-state index is -0.681. The van der Waals surface area contributed by atoms with Gasteiger partial charge >= 0.3 is 6.09 Å². The molecule has 148 valence electrons. The maximum absolute atomic E-state index is 12.4. The third-order valence-electron chi connectivity index (χ3n) is 3.35. The molecule has 0 heterocycles. The number of para-hydroxylation sites is 2. The topological polar surface area (TPSA) is 96.5 Å². The van der Waals surface area contributed by atoms with E-state index in [0.717, 1.165) is 4.47 Å². The Kier molecular flexibility index (Phi) is 7.17. The highest BCUT2D eigenvalue weighted by Gasteiger charge is 2.17. The fourth-order valence-corrected chi connectivity index (χ4v) is 2.42. The van der Waals surface area contributed by atoms with E-state index in [2.05, 4.69) is 31.9 Å². The number of benzene rings is 2. The van der Waals surface area contributed by atoms with Crippen LogP contribution in [-0.2, 0) is 9.53 Å². The molecule has 0 unspecified atom stereocenters. The van der Waals surface area contributed by atoms with Crippen molar-refractivity contribution in [2.75, 3.05) is 17.2 Å². The van der Waals surface area contributed by atoms with Gasteiger partial charge in [0.05, 0.1) is 11.4 Å². The third-order valence-corrected chi connectivity index (χ3v) is 3.88. The van der Waals surface area contributed by atoms with Gasteiger partial charge in [-0.1, -0.05) is 28.1 Å². The number of hydrogen-bond acceptors (Lipinski definition) is 4. The number of alkyl carbamates (subject to hydrolysis) is 1. The smallest absolute Gasteiger partial charge is 0.408 e. The molecule has 0 aliphatic rings. The number of rotatable bonds is 5. The van der Waals surface area contributed by atoms with Gasteiger partial charge in [0.2, 0.25) is 5.91 Å². The van der Waals surface area contributed by atoms with Crippen LogP contribution in [0.2, 0.25) is 0 Å². The predicted molar refractivity (Wildman–Crippen MR) is 111 cm³/mol. The van der Waals surface area contributed by atoms with Crippen LogP contribution in [-0.4, -0.2) is 30.1 Å². The fraction of sp³-hybridized carbons (Fsp3) is 0.250. The van der Waals surface area contributed by atoms with Crippen molar-refractivity contribution >= 4 is 45.2 Å². The van der Waals surface area contributed by atoms with E-state index < -0.39 is 17.6 Å². The summed E-state index contributed by atoms with van der Waals surface area (Å²) < 4.78 is 5.95. The Morgan fingerprint density at radius 3 is 2.07 bits per heavy atom. The van der Waals surface area contributed by atoms with E-state index in [0.29, 0.717) is 16.9 Å². The van der Waals surface area contributed by atoms with E-state index in [-0.39, 0.29) is 12.5 Å². The molecule has 0 fully saturated rings. The molecular weight excluding hydrogens is 426 g/mol. The highest BCUT2D eigenvalue weighted by atomic mass is 79.9. The van der Waals surface area contributed by atoms with Crippen LogP contribution >= 0.6 is 15.9 Å². The second-order valence-corrected chi connectivity index (χ2v) is 7.83. The van der Waals surface area contributed by atoms with Gasteiger partial charge in [0.1, 0.15) is 12.1 Å². The molecule has 0 saturated heterocycles. The number of ether oxygens (including phenoxy) is 1. The van der Waals surface area contributed by atoms with Crippen molar-refractivity contribution in [1.29, 1.82) is 0 Å². The maximum Gasteiger partial charge on any atom is 0.408 e. The summed E-state index contributed by atoms with van der Waals surface area (Å²) in [5.74, 6) is -0.753. The number of nitrogens with one attached hydrogen (secondary N) is 3. The lowest BCUT2D eigenvalue weighted by atomic mass is 10.2. The Morgan fingerprint density at radius 2 is 1.50 bits per heavy atom. The van der Waals surface area contributed by atoms with Gasteiger partial charge in [-0.3, -0.25) is 9.59 Å². The van der Waals surface area contributed by atoms with E-state index in [9.17, 15) is 14.4 Å². The molecule has 0 aliphatic heterocycles. The Bertz CT molecular complexity index is 860. The summed E-state index contributed by atoms with van der Waals surface area (Å²) in [6.07, 6.45) is -0.681. The molecule has 0 bridgehead atoms. The molecule has 2 aromatic carbocycles. The summed E-state index contributed by atoms with van der Waals surface area (Å²) >= 11 is 3.32. The summed E-state index contributed by atoms with van der Waals surface area (Å²) in [6, 6.07) is 13.7. The zero-order valence-corrected chi connectivity index (χ0v) is 17.4. The van der Waals surface area contributed by atoms with Gasteiger partial charge in [-0.25, -0.2) is 4.79 Å². The minimum absolute atomic E-state index is 0.260. The summed E-state index contributed by atoms with van der Waals surface area (Å²) in [6.45, 7) is 4.94. The van der Waals surface area contributed by atoms with Gasteiger partial charge < -0.3 is 20.7 Å². The number of amides is 3. The first kappa shape index (κ1) is 21.4. The monoisotopic (exact) mass is 447 g/mol. The van der Waals surface area contributed by atoms with E-state index in [1.165, 1.54) is 0 Å². The Balaban J connectivity index is 1.97. The third kappa shape index (κ3) is 7.03. The zero-order chi connectivity index (χ0) is 20.7. The molecule has 0 aliphatic carbocycles. The molecule has 0 radical (unpaired) electrons. The molecule has 2 aromatic rings. The lowest BCUT2D eigenvalue weighted by molar-refractivity contribution is -0.115. The van der Waals surface area contributed by atoms with Crippen LogP contribution in [0.15, 0.2) is 53.0 Å². The van der Waals surface area contributed by atoms with Crippen molar-refractivity contribution in [1.82, 2.24) is 5.32 Å². The predicted octanol–water partition coefficient (Wildman–Crippen LogP) is 4.16. The molecule has 7 nitrogen and oxygen atoms in total. The molecule has 3 N–H and O–H groups in total. The highest BCUT2D eigenvalue weighted by molar-refractivity contribution is 9.10. The normalized spacial score (nSPS) is 10.7. The minimum Gasteiger partial charge on any atom is -0.444 e. The van der Waals surface area contributed by atoms with Crippen LogP contribution < -0.4 is 16.0 Å². The van der Waals surface area contributed by atoms with Gasteiger partial charge in [0.15, 0.2) is 0 Å². The summed E-state index contributed by atoms with van der Waals surface area (Å²) in [5, 5.41) is 7.82. The van der Waals surface area contributed by atoms with Gasteiger partial charge in [-0.15, -0.1) is 0 Å². The second kappa shape index (κ2) is 9.36. The average molecular weight is 448 g/mol. The van der Waals surface area contributed by atoms with Crippen molar-refractivity contribution in [3.63, 3.8) is 0 Å². The average Bonchev–Trinajstić information content (AvgIpc) is 2.61. The molecule has 8 heteroatoms. The maximum atomic E-state index is 12.4. The molecule has 3 amide bonds. The molecule has 0 atom stereocenters. The van der Waals surface area contributed by atoms with E-state index in [4.69, 9.17) is 4.74 Å². The standard InChI is InChI=1S/C20H22BrN3O4/c1-20(2,3)28-19(27)22-12-17(25)23-15-6-4-5-7-16(15)24-18(26)13-8-10-14(21)11-9-13/h4-11H,12H2,1-3H3,(H,22,27)(H,23,25)(H,24,26). The SMILES string of the molecule is CC(C)(C)OC(=O)NCC(=O)Nc1ccccc1NC(=O)c1ccc(Br)cc1. The number of carbonyl (C=O) groups excluding carboxylic acids is 3. The van der Waals surface area contributed by atoms with Gasteiger partial charge in [-0.2, -0.15) is 0 Å². The van der Waals surface area contributed by atoms with Crippen molar-refractivity contribution in [3.05, 3.63) is 58.6 Å². The van der Waals surface area contributed by atoms with Crippen LogP contribution in [0.25, 0.3) is 0 Å². The first-order chi connectivity index (χ1) is 13.1. The van der Waals surface area contributed by atoms with Crippen LogP contribution in [0.4, 0.5) is 16.2 Å². The van der Waals surface area contributed by atoms with Gasteiger partial charge in [0, 0.05) is 10.0 Å². The highest BCUT2D eigenvalue weighted by Crippen LogP contribution is 2.22. The van der Waals surface area contributed by atoms with Crippen molar-refractivity contribution < 1.29 is 19.1 Å². The Labute approximate surface area is 172 Å². The first-order valence-electron chi connectivity index (χ1n) is 8.57. The fourth-order valence-electron chi connectivity index (χ4n) is 2.16. The lowest BCUT2D eigenvalue weighted by Crippen LogP contribution is -2.37. The van der Waals surface area contributed by atoms with Gasteiger partial charge in [-0.05, 0) is 57.2 Å². The summed E-state index contributed by atoms with van der Waals surface area (Å²) in [4.78, 5) is 36.2. The zero-order valence-electron chi connectivity index (χ0n) is 15.8. The van der Waals surface area contributed by atoms with E-state index >= 15 is 0 Å². The number of carbonyl (C=O) groups is 3. The van der Waals surface area contributed by atoms with Crippen molar-refractivity contribution in [2.45, 2.75) is 26.4 Å². The molecule has 0 aromatic heterocycles. The van der Waals surface area contributed by atoms with E-state index in [1.54, 1.807) is 69.3 Å². The van der Waals surface area contributed by atoms with Crippen LogP contribution in [0.1, 0.15) is 31.1 Å². The summed E-state index contributed by atoms with van der Waals surface area (Å²) in [7, 11) is 0. The summed E-state index contributed by atoms with van der Waals surface area (Å²) in [5.41, 5.74) is 0.700. The quantitative estimate of drug-likeness (QED) is 0.640. The molecular formula is C20H22BrN3O4. The Hall–Kier alpha value is -2.87. The van der Waals surface area contributed by atoms with Crippen molar-refractivity contribution in [3.8, 4) is 0 Å². The second-order valence-electron chi connectivity index (χ2n) is 6.91. The number of halogens is 1. The molecule has 28 heavy (non-hydrogen) atoms. The first-order valence-corrected chi connectivity index (χ1v) is 9.36. The van der Waals surface area contributed by atoms with Crippen LogP contribution in [0, 0.1) is 0 Å². The number of anilines is 2. The largest absolute Gasteiger partial charge is 0.444 e. The van der Waals surface area contributed by atoms with E-state index in [1.807, 2.05) is 0 Å². The van der Waals surface area contributed by atoms with Gasteiger partial charge in [0.25, 0.3) is 5.91 Å². The van der Waals surface area contributed by atoms with Crippen molar-refractivity contribution in [2.24, 2.45) is 0 Å². The molecule has 2 rings (SSSR count). The molecule has 0 spiro atoms. The van der Waals surface area contributed by atoms with Crippen LogP contribution in [0.5, 0.6) is 0 Å². The Morgan fingerprint density at radius 1 is 0.929 bits per heavy atom. The number of hydrogen-bond donors (Lipinski definition) is 3. The van der Waals surface area contributed by atoms with Crippen LogP contribution in [0.3, 0.4) is 0 Å².